The second-order valence-corrected chi connectivity index (χ2v) is 8.54. The van der Waals surface area contributed by atoms with E-state index in [2.05, 4.69) is 57.0 Å². The van der Waals surface area contributed by atoms with Crippen LogP contribution in [0.3, 0.4) is 0 Å². The zero-order chi connectivity index (χ0) is 20.6. The summed E-state index contributed by atoms with van der Waals surface area (Å²) in [6.45, 7) is 6.14. The SMILES string of the molecule is c1ccc2c(c1)CCN(c1cc(N3CCOCC3)nc3c(C4CCNN4)nccc13)C2. The van der Waals surface area contributed by atoms with E-state index < -0.39 is 0 Å². The van der Waals surface area contributed by atoms with Crippen molar-refractivity contribution in [1.29, 1.82) is 0 Å². The summed E-state index contributed by atoms with van der Waals surface area (Å²) < 4.78 is 5.59. The van der Waals surface area contributed by atoms with Gasteiger partial charge in [-0.25, -0.2) is 10.4 Å². The number of morpholine rings is 1. The van der Waals surface area contributed by atoms with Gasteiger partial charge in [-0.3, -0.25) is 10.4 Å². The molecule has 6 rings (SSSR count). The third-order valence-corrected chi connectivity index (χ3v) is 6.69. The molecule has 0 spiro atoms. The van der Waals surface area contributed by atoms with Crippen LogP contribution in [-0.2, 0) is 17.7 Å². The smallest absolute Gasteiger partial charge is 0.131 e. The summed E-state index contributed by atoms with van der Waals surface area (Å²) in [4.78, 5) is 14.8. The van der Waals surface area contributed by atoms with Crippen LogP contribution in [-0.4, -0.2) is 49.4 Å². The van der Waals surface area contributed by atoms with Crippen LogP contribution in [0, 0.1) is 0 Å². The Morgan fingerprint density at radius 1 is 1.00 bits per heavy atom. The van der Waals surface area contributed by atoms with Crippen LogP contribution in [0.1, 0.15) is 29.3 Å². The number of fused-ring (bicyclic) bond motifs is 2. The number of anilines is 2. The van der Waals surface area contributed by atoms with E-state index in [0.29, 0.717) is 0 Å². The number of rotatable bonds is 3. The van der Waals surface area contributed by atoms with Gasteiger partial charge in [0.05, 0.1) is 36.2 Å². The summed E-state index contributed by atoms with van der Waals surface area (Å²) in [7, 11) is 0. The summed E-state index contributed by atoms with van der Waals surface area (Å²) in [6.07, 6.45) is 4.02. The molecule has 0 amide bonds. The first kappa shape index (κ1) is 19.0. The second kappa shape index (κ2) is 8.07. The molecule has 5 heterocycles. The number of ether oxygens (including phenoxy) is 1. The van der Waals surface area contributed by atoms with E-state index in [4.69, 9.17) is 14.7 Å². The molecule has 1 aromatic carbocycles. The minimum atomic E-state index is 0.186. The lowest BCUT2D eigenvalue weighted by Gasteiger charge is -2.34. The second-order valence-electron chi connectivity index (χ2n) is 8.54. The lowest BCUT2D eigenvalue weighted by atomic mass is 9.98. The molecule has 0 saturated carbocycles. The van der Waals surface area contributed by atoms with Crippen LogP contribution >= 0.6 is 0 Å². The molecule has 2 fully saturated rings. The molecule has 1 unspecified atom stereocenters. The Kier molecular flexibility index (Phi) is 4.94. The monoisotopic (exact) mass is 416 g/mol. The van der Waals surface area contributed by atoms with Crippen molar-refractivity contribution < 1.29 is 4.74 Å². The number of hydrazine groups is 1. The average Bonchev–Trinajstić information content (AvgIpc) is 3.38. The maximum atomic E-state index is 5.59. The third-order valence-electron chi connectivity index (χ3n) is 6.69. The van der Waals surface area contributed by atoms with Crippen molar-refractivity contribution in [2.75, 3.05) is 49.2 Å². The Labute approximate surface area is 182 Å². The van der Waals surface area contributed by atoms with Crippen molar-refractivity contribution in [2.24, 2.45) is 0 Å². The van der Waals surface area contributed by atoms with Crippen molar-refractivity contribution in [3.8, 4) is 0 Å². The zero-order valence-corrected chi connectivity index (χ0v) is 17.7. The van der Waals surface area contributed by atoms with Crippen LogP contribution in [0.25, 0.3) is 10.9 Å². The van der Waals surface area contributed by atoms with Crippen molar-refractivity contribution in [3.63, 3.8) is 0 Å². The van der Waals surface area contributed by atoms with Crippen LogP contribution in [0.5, 0.6) is 0 Å². The molecule has 2 aromatic heterocycles. The third kappa shape index (κ3) is 3.52. The quantitative estimate of drug-likeness (QED) is 0.680. The van der Waals surface area contributed by atoms with Crippen LogP contribution in [0.4, 0.5) is 11.5 Å². The number of nitrogens with zero attached hydrogens (tertiary/aromatic N) is 4. The van der Waals surface area contributed by atoms with Gasteiger partial charge >= 0.3 is 0 Å². The van der Waals surface area contributed by atoms with Gasteiger partial charge in [-0.15, -0.1) is 0 Å². The van der Waals surface area contributed by atoms with E-state index in [0.717, 1.165) is 75.8 Å². The molecule has 160 valence electrons. The van der Waals surface area contributed by atoms with E-state index >= 15 is 0 Å². The molecule has 3 aliphatic rings. The van der Waals surface area contributed by atoms with Crippen molar-refractivity contribution in [3.05, 3.63) is 59.4 Å². The summed E-state index contributed by atoms with van der Waals surface area (Å²) in [5.41, 5.74) is 12.8. The zero-order valence-electron chi connectivity index (χ0n) is 17.7. The summed E-state index contributed by atoms with van der Waals surface area (Å²) in [6, 6.07) is 13.4. The average molecular weight is 417 g/mol. The normalized spacial score (nSPS) is 21.5. The molecular formula is C24H28N6O. The van der Waals surface area contributed by atoms with Crippen molar-refractivity contribution in [2.45, 2.75) is 25.4 Å². The number of hydrogen-bond acceptors (Lipinski definition) is 7. The molecule has 2 N–H and O–H groups in total. The highest BCUT2D eigenvalue weighted by atomic mass is 16.5. The molecule has 0 aliphatic carbocycles. The predicted molar refractivity (Wildman–Crippen MR) is 122 cm³/mol. The summed E-state index contributed by atoms with van der Waals surface area (Å²) >= 11 is 0. The molecule has 0 bridgehead atoms. The van der Waals surface area contributed by atoms with Gasteiger partial charge in [-0.1, -0.05) is 24.3 Å². The lowest BCUT2D eigenvalue weighted by Crippen LogP contribution is -2.37. The number of aromatic nitrogens is 2. The molecule has 3 aliphatic heterocycles. The topological polar surface area (TPSA) is 65.6 Å². The fraction of sp³-hybridized carbons (Fsp3) is 0.417. The first-order valence-corrected chi connectivity index (χ1v) is 11.3. The fourth-order valence-electron chi connectivity index (χ4n) is 5.00. The molecular weight excluding hydrogens is 388 g/mol. The number of hydrogen-bond donors (Lipinski definition) is 2. The van der Waals surface area contributed by atoms with Crippen molar-refractivity contribution in [1.82, 2.24) is 20.8 Å². The van der Waals surface area contributed by atoms with Crippen LogP contribution in [0.15, 0.2) is 42.6 Å². The number of benzene rings is 1. The highest BCUT2D eigenvalue weighted by molar-refractivity contribution is 5.95. The first-order chi connectivity index (χ1) is 15.4. The maximum absolute atomic E-state index is 5.59. The standard InChI is InChI=1S/C24H28N6O/c1-2-4-18-16-30(10-7-17(18)3-1)21-15-22(29-11-13-31-14-12-29)27-23-19(21)5-8-25-24(23)20-6-9-26-28-20/h1-5,8,15,20,26,28H,6-7,9-14,16H2. The fourth-order valence-corrected chi connectivity index (χ4v) is 5.00. The summed E-state index contributed by atoms with van der Waals surface area (Å²) in [5.74, 6) is 1.03. The maximum Gasteiger partial charge on any atom is 0.131 e. The number of nitrogens with one attached hydrogen (secondary N) is 2. The van der Waals surface area contributed by atoms with Gasteiger partial charge in [0.2, 0.25) is 0 Å². The molecule has 7 heteroatoms. The van der Waals surface area contributed by atoms with E-state index in [1.807, 2.05) is 6.20 Å². The van der Waals surface area contributed by atoms with Gasteiger partial charge in [0, 0.05) is 50.4 Å². The first-order valence-electron chi connectivity index (χ1n) is 11.3. The molecule has 3 aromatic rings. The van der Waals surface area contributed by atoms with Gasteiger partial charge in [-0.2, -0.15) is 0 Å². The predicted octanol–water partition coefficient (Wildman–Crippen LogP) is 2.57. The lowest BCUT2D eigenvalue weighted by molar-refractivity contribution is 0.122. The number of pyridine rings is 2. The molecule has 7 nitrogen and oxygen atoms in total. The summed E-state index contributed by atoms with van der Waals surface area (Å²) in [5, 5.41) is 1.19. The van der Waals surface area contributed by atoms with Gasteiger partial charge < -0.3 is 14.5 Å². The van der Waals surface area contributed by atoms with Crippen LogP contribution < -0.4 is 20.7 Å². The van der Waals surface area contributed by atoms with Gasteiger partial charge in [-0.05, 0) is 30.0 Å². The molecule has 0 radical (unpaired) electrons. The molecule has 1 atom stereocenters. The highest BCUT2D eigenvalue weighted by Crippen LogP contribution is 2.36. The van der Waals surface area contributed by atoms with E-state index in [-0.39, 0.29) is 6.04 Å². The van der Waals surface area contributed by atoms with E-state index in [1.54, 1.807) is 0 Å². The van der Waals surface area contributed by atoms with E-state index in [1.165, 1.54) is 22.2 Å². The Morgan fingerprint density at radius 3 is 2.71 bits per heavy atom. The van der Waals surface area contributed by atoms with E-state index in [9.17, 15) is 0 Å². The highest BCUT2D eigenvalue weighted by Gasteiger charge is 2.25. The Hall–Kier alpha value is -2.74. The molecule has 31 heavy (non-hydrogen) atoms. The Morgan fingerprint density at radius 2 is 1.87 bits per heavy atom. The molecule has 2 saturated heterocycles. The van der Waals surface area contributed by atoms with Gasteiger partial charge in [0.15, 0.2) is 0 Å². The Bertz CT molecular complexity index is 1090. The van der Waals surface area contributed by atoms with Crippen molar-refractivity contribution >= 4 is 22.4 Å². The Balaban J connectivity index is 1.48. The van der Waals surface area contributed by atoms with Gasteiger partial charge in [0.1, 0.15) is 5.82 Å². The van der Waals surface area contributed by atoms with Gasteiger partial charge in [0.25, 0.3) is 0 Å². The van der Waals surface area contributed by atoms with Crippen LogP contribution in [0.2, 0.25) is 0 Å². The minimum Gasteiger partial charge on any atom is -0.378 e. The minimum absolute atomic E-state index is 0.186. The largest absolute Gasteiger partial charge is 0.378 e.